The molecule has 4 nitrogen and oxygen atoms in total. The summed E-state index contributed by atoms with van der Waals surface area (Å²) in [5, 5.41) is 9.23. The van der Waals surface area contributed by atoms with Crippen LogP contribution in [0.4, 0.5) is 5.82 Å². The Bertz CT molecular complexity index is 463. The number of hydrogen-bond donors (Lipinski definition) is 0. The van der Waals surface area contributed by atoms with Crippen LogP contribution >= 0.6 is 0 Å². The minimum absolute atomic E-state index is 0.573. The van der Waals surface area contributed by atoms with Crippen LogP contribution in [0.1, 0.15) is 24.0 Å². The molecule has 0 aliphatic carbocycles. The molecule has 0 aromatic carbocycles. The van der Waals surface area contributed by atoms with E-state index in [9.17, 15) is 5.26 Å². The van der Waals surface area contributed by atoms with Crippen LogP contribution < -0.4 is 4.90 Å². The van der Waals surface area contributed by atoms with Gasteiger partial charge in [0.25, 0.3) is 0 Å². The van der Waals surface area contributed by atoms with Crippen LogP contribution in [-0.2, 0) is 0 Å². The summed E-state index contributed by atoms with van der Waals surface area (Å²) < 4.78 is 0. The third kappa shape index (κ3) is 2.46. The zero-order valence-corrected chi connectivity index (χ0v) is 11.3. The Labute approximate surface area is 109 Å². The second-order valence-electron chi connectivity index (χ2n) is 5.10. The normalized spacial score (nSPS) is 19.8. The maximum Gasteiger partial charge on any atom is 0.146 e. The molecule has 1 unspecified atom stereocenters. The molecule has 2 rings (SSSR count). The van der Waals surface area contributed by atoms with E-state index in [0.29, 0.717) is 11.6 Å². The van der Waals surface area contributed by atoms with Gasteiger partial charge in [-0.1, -0.05) is 0 Å². The van der Waals surface area contributed by atoms with Gasteiger partial charge >= 0.3 is 0 Å². The molecule has 1 aromatic heterocycles. The molecule has 0 radical (unpaired) electrons. The Morgan fingerprint density at radius 1 is 1.61 bits per heavy atom. The Hall–Kier alpha value is -1.60. The van der Waals surface area contributed by atoms with Gasteiger partial charge in [0.05, 0.1) is 5.56 Å². The molecule has 1 saturated heterocycles. The molecule has 18 heavy (non-hydrogen) atoms. The highest BCUT2D eigenvalue weighted by atomic mass is 15.2. The number of likely N-dealkylation sites (N-methyl/N-ethyl adjacent to an activating group) is 2. The lowest BCUT2D eigenvalue weighted by Gasteiger charge is -2.27. The highest BCUT2D eigenvalue weighted by molar-refractivity contribution is 5.56. The van der Waals surface area contributed by atoms with Crippen molar-refractivity contribution in [2.24, 2.45) is 0 Å². The van der Waals surface area contributed by atoms with Gasteiger partial charge in [-0.2, -0.15) is 5.26 Å². The van der Waals surface area contributed by atoms with Crippen LogP contribution in [-0.4, -0.2) is 43.1 Å². The van der Waals surface area contributed by atoms with Gasteiger partial charge in [0.15, 0.2) is 0 Å². The van der Waals surface area contributed by atoms with E-state index in [0.717, 1.165) is 17.9 Å². The summed E-state index contributed by atoms with van der Waals surface area (Å²) in [6.45, 7) is 4.06. The summed E-state index contributed by atoms with van der Waals surface area (Å²) in [6.07, 6.45) is 4.27. The molecule has 1 aliphatic rings. The molecular weight excluding hydrogens is 224 g/mol. The second kappa shape index (κ2) is 5.36. The molecular formula is C14H20N4. The number of hydrogen-bond acceptors (Lipinski definition) is 4. The molecule has 96 valence electrons. The lowest BCUT2D eigenvalue weighted by atomic mass is 10.1. The fourth-order valence-electron chi connectivity index (χ4n) is 2.58. The topological polar surface area (TPSA) is 43.2 Å². The molecule has 0 bridgehead atoms. The Morgan fingerprint density at radius 3 is 3.00 bits per heavy atom. The number of nitriles is 1. The molecule has 4 heteroatoms. The van der Waals surface area contributed by atoms with E-state index in [-0.39, 0.29) is 0 Å². The summed E-state index contributed by atoms with van der Waals surface area (Å²) in [4.78, 5) is 8.86. The van der Waals surface area contributed by atoms with E-state index in [4.69, 9.17) is 0 Å². The Kier molecular flexibility index (Phi) is 3.83. The first-order valence-electron chi connectivity index (χ1n) is 6.40. The van der Waals surface area contributed by atoms with Crippen LogP contribution in [0.25, 0.3) is 0 Å². The average molecular weight is 244 g/mol. The van der Waals surface area contributed by atoms with Crippen molar-refractivity contribution in [1.82, 2.24) is 9.88 Å². The van der Waals surface area contributed by atoms with Gasteiger partial charge in [0, 0.05) is 25.8 Å². The first-order chi connectivity index (χ1) is 8.63. The number of likely N-dealkylation sites (tertiary alicyclic amines) is 1. The highest BCUT2D eigenvalue weighted by Gasteiger charge is 2.23. The predicted octanol–water partition coefficient (Wildman–Crippen LogP) is 1.79. The molecule has 0 saturated carbocycles. The standard InChI is InChI=1S/C14H20N4/c1-11-6-7-16-14(13(11)9-15)18(3)10-12-5-4-8-17(12)2/h6-7,12H,4-5,8,10H2,1-3H3. The summed E-state index contributed by atoms with van der Waals surface area (Å²) >= 11 is 0. The van der Waals surface area contributed by atoms with Crippen LogP contribution in [0, 0.1) is 18.3 Å². The first kappa shape index (κ1) is 12.8. The number of aryl methyl sites for hydroxylation is 1. The van der Waals surface area contributed by atoms with Crippen LogP contribution in [0.5, 0.6) is 0 Å². The smallest absolute Gasteiger partial charge is 0.146 e. The fourth-order valence-corrected chi connectivity index (χ4v) is 2.58. The van der Waals surface area contributed by atoms with Crippen molar-refractivity contribution < 1.29 is 0 Å². The summed E-state index contributed by atoms with van der Waals surface area (Å²) in [6, 6.07) is 4.72. The maximum absolute atomic E-state index is 9.23. The van der Waals surface area contributed by atoms with E-state index in [2.05, 4.69) is 27.9 Å². The average Bonchev–Trinajstić information content (AvgIpc) is 2.74. The molecule has 1 fully saturated rings. The molecule has 0 N–H and O–H groups in total. The van der Waals surface area contributed by atoms with Gasteiger partial charge < -0.3 is 9.80 Å². The minimum atomic E-state index is 0.573. The van der Waals surface area contributed by atoms with Crippen LogP contribution in [0.3, 0.4) is 0 Å². The van der Waals surface area contributed by atoms with Crippen molar-refractivity contribution in [2.45, 2.75) is 25.8 Å². The zero-order chi connectivity index (χ0) is 13.1. The van der Waals surface area contributed by atoms with Crippen molar-refractivity contribution in [2.75, 3.05) is 32.1 Å². The van der Waals surface area contributed by atoms with E-state index < -0.39 is 0 Å². The van der Waals surface area contributed by atoms with Crippen LogP contribution in [0.15, 0.2) is 12.3 Å². The molecule has 0 spiro atoms. The Balaban J connectivity index is 2.16. The van der Waals surface area contributed by atoms with E-state index in [1.807, 2.05) is 20.0 Å². The van der Waals surface area contributed by atoms with E-state index >= 15 is 0 Å². The molecule has 0 amide bonds. The monoisotopic (exact) mass is 244 g/mol. The van der Waals surface area contributed by atoms with Crippen molar-refractivity contribution in [1.29, 1.82) is 5.26 Å². The number of pyridine rings is 1. The third-order valence-corrected chi connectivity index (χ3v) is 3.77. The number of nitrogens with zero attached hydrogens (tertiary/aromatic N) is 4. The van der Waals surface area contributed by atoms with Gasteiger partial charge in [0.2, 0.25) is 0 Å². The summed E-state index contributed by atoms with van der Waals surface area (Å²) in [7, 11) is 4.19. The quantitative estimate of drug-likeness (QED) is 0.813. The van der Waals surface area contributed by atoms with Gasteiger partial charge in [-0.05, 0) is 45.0 Å². The first-order valence-corrected chi connectivity index (χ1v) is 6.40. The molecule has 1 atom stereocenters. The third-order valence-electron chi connectivity index (χ3n) is 3.77. The van der Waals surface area contributed by atoms with Crippen molar-refractivity contribution in [3.8, 4) is 6.07 Å². The van der Waals surface area contributed by atoms with E-state index in [1.54, 1.807) is 6.20 Å². The van der Waals surface area contributed by atoms with Crippen molar-refractivity contribution in [3.05, 3.63) is 23.4 Å². The maximum atomic E-state index is 9.23. The molecule has 1 aliphatic heterocycles. The van der Waals surface area contributed by atoms with Gasteiger partial charge in [-0.25, -0.2) is 4.98 Å². The molecule has 2 heterocycles. The molecule has 1 aromatic rings. The van der Waals surface area contributed by atoms with Crippen LogP contribution in [0.2, 0.25) is 0 Å². The lowest BCUT2D eigenvalue weighted by molar-refractivity contribution is 0.314. The highest BCUT2D eigenvalue weighted by Crippen LogP contribution is 2.22. The second-order valence-corrected chi connectivity index (χ2v) is 5.10. The summed E-state index contributed by atoms with van der Waals surface area (Å²) in [5.41, 5.74) is 1.69. The van der Waals surface area contributed by atoms with Gasteiger partial charge in [-0.15, -0.1) is 0 Å². The lowest BCUT2D eigenvalue weighted by Crippen LogP contribution is -2.37. The zero-order valence-electron chi connectivity index (χ0n) is 11.3. The minimum Gasteiger partial charge on any atom is -0.357 e. The fraction of sp³-hybridized carbons (Fsp3) is 0.571. The van der Waals surface area contributed by atoms with E-state index in [1.165, 1.54) is 19.4 Å². The SMILES string of the molecule is Cc1ccnc(N(C)CC2CCCN2C)c1C#N. The predicted molar refractivity (Wildman–Crippen MR) is 72.6 cm³/mol. The Morgan fingerprint density at radius 2 is 2.39 bits per heavy atom. The summed E-state index contributed by atoms with van der Waals surface area (Å²) in [5.74, 6) is 0.804. The number of aromatic nitrogens is 1. The van der Waals surface area contributed by atoms with Gasteiger partial charge in [0.1, 0.15) is 11.9 Å². The van der Waals surface area contributed by atoms with Crippen molar-refractivity contribution >= 4 is 5.82 Å². The van der Waals surface area contributed by atoms with Crippen molar-refractivity contribution in [3.63, 3.8) is 0 Å². The number of anilines is 1. The number of rotatable bonds is 3. The largest absolute Gasteiger partial charge is 0.357 e. The van der Waals surface area contributed by atoms with Gasteiger partial charge in [-0.3, -0.25) is 0 Å².